The number of aromatic nitrogens is 2. The van der Waals surface area contributed by atoms with Crippen molar-refractivity contribution >= 4 is 6.03 Å². The van der Waals surface area contributed by atoms with Gasteiger partial charge in [-0.2, -0.15) is 0 Å². The summed E-state index contributed by atoms with van der Waals surface area (Å²) in [6, 6.07) is 0.0727. The largest absolute Gasteiger partial charge is 0.333 e. The number of likely N-dealkylation sites (tertiary alicyclic amines) is 1. The number of amides is 2. The molecular weight excluding hydrogens is 264 g/mol. The van der Waals surface area contributed by atoms with Gasteiger partial charge in [0, 0.05) is 32.0 Å². The van der Waals surface area contributed by atoms with Gasteiger partial charge in [0.25, 0.3) is 0 Å². The van der Waals surface area contributed by atoms with E-state index in [1.165, 1.54) is 19.3 Å². The van der Waals surface area contributed by atoms with E-state index in [4.69, 9.17) is 0 Å². The zero-order chi connectivity index (χ0) is 14.8. The summed E-state index contributed by atoms with van der Waals surface area (Å²) < 4.78 is 2.13. The molecule has 2 atom stereocenters. The molecule has 1 N–H and O–H groups in total. The van der Waals surface area contributed by atoms with Crippen molar-refractivity contribution in [1.29, 1.82) is 0 Å². The van der Waals surface area contributed by atoms with Crippen molar-refractivity contribution in [1.82, 2.24) is 19.8 Å². The van der Waals surface area contributed by atoms with E-state index in [0.717, 1.165) is 37.3 Å². The van der Waals surface area contributed by atoms with Crippen molar-refractivity contribution in [3.05, 3.63) is 18.2 Å². The van der Waals surface area contributed by atoms with Crippen molar-refractivity contribution in [3.63, 3.8) is 0 Å². The van der Waals surface area contributed by atoms with Crippen molar-refractivity contribution < 1.29 is 4.79 Å². The second-order valence-electron chi connectivity index (χ2n) is 6.90. The molecule has 1 aromatic rings. The standard InChI is InChI=1S/C16H26N4O/c1-12(2)9-19-7-6-17-15(19)8-18-16(21)20-10-13-4-3-5-14(13)11-20/h6-7,12-14H,3-5,8-11H2,1-2H3,(H,18,21). The minimum atomic E-state index is 0.0727. The minimum Gasteiger partial charge on any atom is -0.333 e. The predicted octanol–water partition coefficient (Wildman–Crippen LogP) is 2.48. The number of carbonyl (C=O) groups excluding carboxylic acids is 1. The highest BCUT2D eigenvalue weighted by molar-refractivity contribution is 5.74. The maximum atomic E-state index is 12.3. The third-order valence-corrected chi connectivity index (χ3v) is 4.77. The molecule has 1 saturated carbocycles. The maximum absolute atomic E-state index is 12.3. The van der Waals surface area contributed by atoms with E-state index < -0.39 is 0 Å². The fourth-order valence-corrected chi connectivity index (χ4v) is 3.73. The number of imidazole rings is 1. The third kappa shape index (κ3) is 3.22. The predicted molar refractivity (Wildman–Crippen MR) is 81.7 cm³/mol. The van der Waals surface area contributed by atoms with Crippen LogP contribution in [0.4, 0.5) is 4.79 Å². The summed E-state index contributed by atoms with van der Waals surface area (Å²) in [5.41, 5.74) is 0. The Hall–Kier alpha value is -1.52. The van der Waals surface area contributed by atoms with Gasteiger partial charge in [-0.15, -0.1) is 0 Å². The average molecular weight is 290 g/mol. The lowest BCUT2D eigenvalue weighted by Gasteiger charge is -2.18. The fraction of sp³-hybridized carbons (Fsp3) is 0.750. The number of nitrogens with zero attached hydrogens (tertiary/aromatic N) is 3. The zero-order valence-corrected chi connectivity index (χ0v) is 13.1. The molecule has 2 aliphatic rings. The molecule has 0 radical (unpaired) electrons. The average Bonchev–Trinajstić information content (AvgIpc) is 3.09. The van der Waals surface area contributed by atoms with Gasteiger partial charge in [-0.3, -0.25) is 0 Å². The molecule has 5 nitrogen and oxygen atoms in total. The Labute approximate surface area is 126 Å². The highest BCUT2D eigenvalue weighted by Crippen LogP contribution is 2.37. The van der Waals surface area contributed by atoms with Gasteiger partial charge >= 0.3 is 6.03 Å². The first kappa shape index (κ1) is 14.4. The van der Waals surface area contributed by atoms with Gasteiger partial charge in [-0.25, -0.2) is 9.78 Å². The molecule has 2 unspecified atom stereocenters. The zero-order valence-electron chi connectivity index (χ0n) is 13.1. The van der Waals surface area contributed by atoms with Crippen LogP contribution in [0.3, 0.4) is 0 Å². The van der Waals surface area contributed by atoms with Crippen LogP contribution in [0.25, 0.3) is 0 Å². The Morgan fingerprint density at radius 3 is 2.76 bits per heavy atom. The lowest BCUT2D eigenvalue weighted by Crippen LogP contribution is -2.39. The van der Waals surface area contributed by atoms with Crippen LogP contribution in [0.5, 0.6) is 0 Å². The lowest BCUT2D eigenvalue weighted by molar-refractivity contribution is 0.204. The summed E-state index contributed by atoms with van der Waals surface area (Å²) in [4.78, 5) is 18.6. The van der Waals surface area contributed by atoms with Crippen molar-refractivity contribution in [3.8, 4) is 0 Å². The van der Waals surface area contributed by atoms with Crippen LogP contribution in [-0.4, -0.2) is 33.6 Å². The summed E-state index contributed by atoms with van der Waals surface area (Å²) in [7, 11) is 0. The number of hydrogen-bond acceptors (Lipinski definition) is 2. The normalized spacial score (nSPS) is 24.6. The molecule has 1 aliphatic carbocycles. The Bertz CT molecular complexity index is 484. The SMILES string of the molecule is CC(C)Cn1ccnc1CNC(=O)N1CC2CCCC2C1. The van der Waals surface area contributed by atoms with Crippen LogP contribution in [0.15, 0.2) is 12.4 Å². The number of carbonyl (C=O) groups is 1. The van der Waals surface area contributed by atoms with E-state index in [-0.39, 0.29) is 6.03 Å². The first-order valence-electron chi connectivity index (χ1n) is 8.16. The van der Waals surface area contributed by atoms with E-state index in [0.29, 0.717) is 12.5 Å². The molecule has 0 aromatic carbocycles. The maximum Gasteiger partial charge on any atom is 0.317 e. The first-order chi connectivity index (χ1) is 10.1. The van der Waals surface area contributed by atoms with Crippen molar-refractivity contribution in [2.75, 3.05) is 13.1 Å². The van der Waals surface area contributed by atoms with Gasteiger partial charge in [0.2, 0.25) is 0 Å². The van der Waals surface area contributed by atoms with E-state index >= 15 is 0 Å². The van der Waals surface area contributed by atoms with Crippen LogP contribution >= 0.6 is 0 Å². The number of hydrogen-bond donors (Lipinski definition) is 1. The molecule has 2 fully saturated rings. The van der Waals surface area contributed by atoms with Gasteiger partial charge in [-0.05, 0) is 30.6 Å². The summed E-state index contributed by atoms with van der Waals surface area (Å²) in [6.45, 7) is 7.72. The lowest BCUT2D eigenvalue weighted by atomic mass is 10.0. The van der Waals surface area contributed by atoms with Gasteiger partial charge in [0.05, 0.1) is 6.54 Å². The van der Waals surface area contributed by atoms with Gasteiger partial charge < -0.3 is 14.8 Å². The highest BCUT2D eigenvalue weighted by Gasteiger charge is 2.37. The molecular formula is C16H26N4O. The van der Waals surface area contributed by atoms with Crippen molar-refractivity contribution in [2.45, 2.75) is 46.2 Å². The molecule has 1 aromatic heterocycles. The molecule has 2 heterocycles. The number of nitrogens with one attached hydrogen (secondary N) is 1. The smallest absolute Gasteiger partial charge is 0.317 e. The quantitative estimate of drug-likeness (QED) is 0.926. The highest BCUT2D eigenvalue weighted by atomic mass is 16.2. The molecule has 3 rings (SSSR count). The van der Waals surface area contributed by atoms with Crippen LogP contribution in [0.1, 0.15) is 38.9 Å². The Morgan fingerprint density at radius 2 is 2.10 bits per heavy atom. The van der Waals surface area contributed by atoms with Gasteiger partial charge in [0.15, 0.2) is 0 Å². The van der Waals surface area contributed by atoms with Crippen molar-refractivity contribution in [2.24, 2.45) is 17.8 Å². The van der Waals surface area contributed by atoms with Crippen LogP contribution < -0.4 is 5.32 Å². The second kappa shape index (κ2) is 6.08. The Balaban J connectivity index is 1.51. The molecule has 0 spiro atoms. The molecule has 1 saturated heterocycles. The third-order valence-electron chi connectivity index (χ3n) is 4.77. The molecule has 5 heteroatoms. The minimum absolute atomic E-state index is 0.0727. The fourth-order valence-electron chi connectivity index (χ4n) is 3.73. The topological polar surface area (TPSA) is 50.2 Å². The van der Waals surface area contributed by atoms with Gasteiger partial charge in [-0.1, -0.05) is 20.3 Å². The van der Waals surface area contributed by atoms with Crippen LogP contribution in [0.2, 0.25) is 0 Å². The van der Waals surface area contributed by atoms with E-state index in [9.17, 15) is 4.79 Å². The van der Waals surface area contributed by atoms with Crippen LogP contribution in [0, 0.1) is 17.8 Å². The summed E-state index contributed by atoms with van der Waals surface area (Å²) in [5.74, 6) is 3.01. The molecule has 2 amide bonds. The summed E-state index contributed by atoms with van der Waals surface area (Å²) in [5, 5.41) is 3.03. The summed E-state index contributed by atoms with van der Waals surface area (Å²) >= 11 is 0. The first-order valence-corrected chi connectivity index (χ1v) is 8.16. The van der Waals surface area contributed by atoms with E-state index in [1.807, 2.05) is 17.3 Å². The second-order valence-corrected chi connectivity index (χ2v) is 6.90. The monoisotopic (exact) mass is 290 g/mol. The Kier molecular flexibility index (Phi) is 4.17. The number of urea groups is 1. The molecule has 21 heavy (non-hydrogen) atoms. The molecule has 1 aliphatic heterocycles. The summed E-state index contributed by atoms with van der Waals surface area (Å²) in [6.07, 6.45) is 7.74. The van der Waals surface area contributed by atoms with E-state index in [2.05, 4.69) is 28.7 Å². The molecule has 0 bridgehead atoms. The van der Waals surface area contributed by atoms with E-state index in [1.54, 1.807) is 0 Å². The van der Waals surface area contributed by atoms with Crippen LogP contribution in [-0.2, 0) is 13.1 Å². The Morgan fingerprint density at radius 1 is 1.38 bits per heavy atom. The molecule has 116 valence electrons. The number of fused-ring (bicyclic) bond motifs is 1. The van der Waals surface area contributed by atoms with Gasteiger partial charge in [0.1, 0.15) is 5.82 Å². The number of rotatable bonds is 4.